The predicted octanol–water partition coefficient (Wildman–Crippen LogP) is 4.75. The number of anilines is 3. The molecule has 2 aromatic rings. The van der Waals surface area contributed by atoms with Crippen LogP contribution in [0.25, 0.3) is 0 Å². The SMILES string of the molecule is CSc1ccc(Nc2ccc(C(F)(F)F)cc2N)cc1. The van der Waals surface area contributed by atoms with E-state index in [1.54, 1.807) is 11.8 Å². The number of rotatable bonds is 3. The summed E-state index contributed by atoms with van der Waals surface area (Å²) >= 11 is 1.61. The fraction of sp³-hybridized carbons (Fsp3) is 0.143. The predicted molar refractivity (Wildman–Crippen MR) is 77.4 cm³/mol. The Morgan fingerprint density at radius 1 is 1.05 bits per heavy atom. The van der Waals surface area contributed by atoms with Crippen molar-refractivity contribution in [3.8, 4) is 0 Å². The molecule has 0 fully saturated rings. The Balaban J connectivity index is 2.21. The van der Waals surface area contributed by atoms with E-state index in [4.69, 9.17) is 5.73 Å². The fourth-order valence-electron chi connectivity index (χ4n) is 1.68. The Bertz CT molecular complexity index is 594. The summed E-state index contributed by atoms with van der Waals surface area (Å²) in [6, 6.07) is 10.8. The fourth-order valence-corrected chi connectivity index (χ4v) is 2.09. The maximum Gasteiger partial charge on any atom is 0.416 e. The van der Waals surface area contributed by atoms with Crippen LogP contribution in [0, 0.1) is 0 Å². The standard InChI is InChI=1S/C14H13F3N2S/c1-20-11-5-3-10(4-6-11)19-13-7-2-9(8-12(13)18)14(15,16)17/h2-8,19H,18H2,1H3. The summed E-state index contributed by atoms with van der Waals surface area (Å²) in [5.74, 6) is 0. The van der Waals surface area contributed by atoms with Crippen molar-refractivity contribution in [1.82, 2.24) is 0 Å². The van der Waals surface area contributed by atoms with E-state index in [2.05, 4.69) is 5.32 Å². The molecule has 2 aromatic carbocycles. The normalized spacial score (nSPS) is 11.4. The summed E-state index contributed by atoms with van der Waals surface area (Å²) < 4.78 is 37.6. The second-order valence-electron chi connectivity index (χ2n) is 4.15. The minimum atomic E-state index is -4.38. The van der Waals surface area contributed by atoms with Gasteiger partial charge in [-0.3, -0.25) is 0 Å². The lowest BCUT2D eigenvalue weighted by Crippen LogP contribution is -2.06. The van der Waals surface area contributed by atoms with Crippen LogP contribution in [-0.2, 0) is 6.18 Å². The number of halogens is 3. The molecule has 0 unspecified atom stereocenters. The van der Waals surface area contributed by atoms with Gasteiger partial charge in [0, 0.05) is 10.6 Å². The van der Waals surface area contributed by atoms with Crippen molar-refractivity contribution in [2.45, 2.75) is 11.1 Å². The molecule has 0 spiro atoms. The molecule has 0 aliphatic carbocycles. The van der Waals surface area contributed by atoms with Crippen LogP contribution in [0.15, 0.2) is 47.4 Å². The van der Waals surface area contributed by atoms with Gasteiger partial charge < -0.3 is 11.1 Å². The lowest BCUT2D eigenvalue weighted by atomic mass is 10.1. The molecule has 0 saturated heterocycles. The number of nitrogen functional groups attached to an aromatic ring is 1. The van der Waals surface area contributed by atoms with Crippen molar-refractivity contribution in [2.24, 2.45) is 0 Å². The maximum atomic E-state index is 12.5. The number of nitrogens with one attached hydrogen (secondary N) is 1. The molecule has 0 saturated carbocycles. The van der Waals surface area contributed by atoms with Gasteiger partial charge in [-0.05, 0) is 48.7 Å². The zero-order valence-electron chi connectivity index (χ0n) is 10.7. The van der Waals surface area contributed by atoms with Crippen LogP contribution in [0.3, 0.4) is 0 Å². The number of alkyl halides is 3. The molecule has 0 aliphatic heterocycles. The third kappa shape index (κ3) is 3.39. The van der Waals surface area contributed by atoms with Gasteiger partial charge in [0.05, 0.1) is 16.9 Å². The number of hydrogen-bond donors (Lipinski definition) is 2. The van der Waals surface area contributed by atoms with Gasteiger partial charge in [-0.2, -0.15) is 13.2 Å². The van der Waals surface area contributed by atoms with E-state index >= 15 is 0 Å². The summed E-state index contributed by atoms with van der Waals surface area (Å²) in [6.45, 7) is 0. The smallest absolute Gasteiger partial charge is 0.397 e. The summed E-state index contributed by atoms with van der Waals surface area (Å²) in [5, 5.41) is 3.00. The van der Waals surface area contributed by atoms with Crippen LogP contribution in [0.1, 0.15) is 5.56 Å². The van der Waals surface area contributed by atoms with Crippen LogP contribution in [-0.4, -0.2) is 6.26 Å². The summed E-state index contributed by atoms with van der Waals surface area (Å²) in [7, 11) is 0. The molecule has 0 bridgehead atoms. The first kappa shape index (κ1) is 14.6. The van der Waals surface area contributed by atoms with Gasteiger partial charge in [0.1, 0.15) is 0 Å². The van der Waals surface area contributed by atoms with Gasteiger partial charge >= 0.3 is 6.18 Å². The Kier molecular flexibility index (Phi) is 4.13. The topological polar surface area (TPSA) is 38.0 Å². The molecule has 0 aliphatic rings. The van der Waals surface area contributed by atoms with E-state index in [0.717, 1.165) is 22.7 Å². The lowest BCUT2D eigenvalue weighted by molar-refractivity contribution is -0.137. The van der Waals surface area contributed by atoms with Crippen LogP contribution in [0.2, 0.25) is 0 Å². The zero-order valence-corrected chi connectivity index (χ0v) is 11.5. The first-order valence-electron chi connectivity index (χ1n) is 5.78. The van der Waals surface area contributed by atoms with Crippen molar-refractivity contribution in [3.05, 3.63) is 48.0 Å². The molecule has 2 nitrogen and oxygen atoms in total. The van der Waals surface area contributed by atoms with E-state index in [0.29, 0.717) is 5.69 Å². The van der Waals surface area contributed by atoms with Crippen LogP contribution < -0.4 is 11.1 Å². The van der Waals surface area contributed by atoms with E-state index in [-0.39, 0.29) is 5.69 Å². The molecule has 20 heavy (non-hydrogen) atoms. The molecule has 106 valence electrons. The highest BCUT2D eigenvalue weighted by Gasteiger charge is 2.30. The Labute approximate surface area is 119 Å². The summed E-state index contributed by atoms with van der Waals surface area (Å²) in [6.07, 6.45) is -2.41. The number of hydrogen-bond acceptors (Lipinski definition) is 3. The monoisotopic (exact) mass is 298 g/mol. The van der Waals surface area contributed by atoms with Crippen molar-refractivity contribution < 1.29 is 13.2 Å². The number of benzene rings is 2. The van der Waals surface area contributed by atoms with E-state index < -0.39 is 11.7 Å². The van der Waals surface area contributed by atoms with Crippen molar-refractivity contribution in [1.29, 1.82) is 0 Å². The number of nitrogens with two attached hydrogens (primary N) is 1. The molecule has 0 radical (unpaired) electrons. The third-order valence-corrected chi connectivity index (χ3v) is 3.49. The van der Waals surface area contributed by atoms with Crippen molar-refractivity contribution >= 4 is 28.8 Å². The Morgan fingerprint density at radius 2 is 1.70 bits per heavy atom. The zero-order chi connectivity index (χ0) is 14.8. The average molecular weight is 298 g/mol. The molecule has 0 heterocycles. The van der Waals surface area contributed by atoms with E-state index in [1.807, 2.05) is 30.5 Å². The molecule has 0 aromatic heterocycles. The van der Waals surface area contributed by atoms with E-state index in [9.17, 15) is 13.2 Å². The minimum Gasteiger partial charge on any atom is -0.397 e. The molecule has 3 N–H and O–H groups in total. The molecular weight excluding hydrogens is 285 g/mol. The molecule has 0 atom stereocenters. The average Bonchev–Trinajstić information content (AvgIpc) is 2.41. The molecule has 6 heteroatoms. The van der Waals surface area contributed by atoms with Crippen LogP contribution in [0.5, 0.6) is 0 Å². The summed E-state index contributed by atoms with van der Waals surface area (Å²) in [5.41, 5.74) is 6.19. The highest BCUT2D eigenvalue weighted by atomic mass is 32.2. The van der Waals surface area contributed by atoms with Gasteiger partial charge in [-0.25, -0.2) is 0 Å². The van der Waals surface area contributed by atoms with Gasteiger partial charge in [-0.1, -0.05) is 0 Å². The highest BCUT2D eigenvalue weighted by Crippen LogP contribution is 2.33. The second-order valence-corrected chi connectivity index (χ2v) is 5.03. The van der Waals surface area contributed by atoms with Crippen molar-refractivity contribution in [2.75, 3.05) is 17.3 Å². The van der Waals surface area contributed by atoms with Crippen LogP contribution >= 0.6 is 11.8 Å². The lowest BCUT2D eigenvalue weighted by Gasteiger charge is -2.12. The molecule has 2 rings (SSSR count). The largest absolute Gasteiger partial charge is 0.416 e. The Morgan fingerprint density at radius 3 is 2.20 bits per heavy atom. The second kappa shape index (κ2) is 5.66. The van der Waals surface area contributed by atoms with Crippen molar-refractivity contribution in [3.63, 3.8) is 0 Å². The Hall–Kier alpha value is -1.82. The van der Waals surface area contributed by atoms with E-state index in [1.165, 1.54) is 6.07 Å². The highest BCUT2D eigenvalue weighted by molar-refractivity contribution is 7.98. The van der Waals surface area contributed by atoms with Crippen LogP contribution in [0.4, 0.5) is 30.2 Å². The maximum absolute atomic E-state index is 12.5. The van der Waals surface area contributed by atoms with Gasteiger partial charge in [-0.15, -0.1) is 11.8 Å². The number of thioether (sulfide) groups is 1. The molecule has 0 amide bonds. The first-order valence-corrected chi connectivity index (χ1v) is 7.00. The first-order chi connectivity index (χ1) is 9.40. The third-order valence-electron chi connectivity index (χ3n) is 2.75. The van der Waals surface area contributed by atoms with Gasteiger partial charge in [0.2, 0.25) is 0 Å². The summed E-state index contributed by atoms with van der Waals surface area (Å²) in [4.78, 5) is 1.11. The minimum absolute atomic E-state index is 0.0637. The quantitative estimate of drug-likeness (QED) is 0.634. The van der Waals surface area contributed by atoms with Gasteiger partial charge in [0.15, 0.2) is 0 Å². The molecular formula is C14H13F3N2S. The van der Waals surface area contributed by atoms with Gasteiger partial charge in [0.25, 0.3) is 0 Å².